The lowest BCUT2D eigenvalue weighted by molar-refractivity contribution is -0.218. The van der Waals surface area contributed by atoms with Crippen LogP contribution in [0.25, 0.3) is 0 Å². The highest BCUT2D eigenvalue weighted by molar-refractivity contribution is 5.88. The van der Waals surface area contributed by atoms with Crippen LogP contribution in [0.4, 0.5) is 0 Å². The minimum Gasteiger partial charge on any atom is -0.378 e. The molecule has 0 aromatic heterocycles. The van der Waals surface area contributed by atoms with Gasteiger partial charge in [-0.15, -0.1) is 0 Å². The molecular formula is C19H29O4. The van der Waals surface area contributed by atoms with Crippen molar-refractivity contribution in [2.24, 2.45) is 5.92 Å². The summed E-state index contributed by atoms with van der Waals surface area (Å²) in [6.07, 6.45) is 5.69. The lowest BCUT2D eigenvalue weighted by Gasteiger charge is -2.14. The molecule has 0 saturated carbocycles. The summed E-state index contributed by atoms with van der Waals surface area (Å²) in [6.45, 7) is 8.82. The van der Waals surface area contributed by atoms with Crippen LogP contribution in [0.1, 0.15) is 62.4 Å². The van der Waals surface area contributed by atoms with Crippen LogP contribution in [-0.4, -0.2) is 19.2 Å². The van der Waals surface area contributed by atoms with Gasteiger partial charge in [-0.25, -0.2) is 4.79 Å². The van der Waals surface area contributed by atoms with E-state index >= 15 is 0 Å². The number of ether oxygens (including phenoxy) is 1. The molecule has 1 radical (unpaired) electrons. The molecule has 1 aromatic rings. The second kappa shape index (κ2) is 12.1. The predicted molar refractivity (Wildman–Crippen MR) is 90.7 cm³/mol. The molecule has 4 nitrogen and oxygen atoms in total. The molecular weight excluding hydrogens is 292 g/mol. The Bertz CT molecular complexity index is 428. The predicted octanol–water partition coefficient (Wildman–Crippen LogP) is 4.73. The summed E-state index contributed by atoms with van der Waals surface area (Å²) in [5.74, 6) is 0.0845. The Labute approximate surface area is 140 Å². The van der Waals surface area contributed by atoms with Crippen molar-refractivity contribution in [2.75, 3.05) is 13.2 Å². The third-order valence-electron chi connectivity index (χ3n) is 3.87. The zero-order chi connectivity index (χ0) is 16.9. The summed E-state index contributed by atoms with van der Waals surface area (Å²) in [5, 5.41) is 0. The van der Waals surface area contributed by atoms with E-state index in [-0.39, 0.29) is 0 Å². The van der Waals surface area contributed by atoms with Crippen molar-refractivity contribution < 1.29 is 19.3 Å². The minimum absolute atomic E-state index is 0.310. The van der Waals surface area contributed by atoms with E-state index in [1.807, 2.05) is 12.1 Å². The molecule has 1 aromatic carbocycles. The second-order valence-corrected chi connectivity index (χ2v) is 5.64. The Balaban J connectivity index is 2.12. The smallest absolute Gasteiger partial charge is 0.373 e. The number of aryl methyl sites for hydroxylation is 1. The number of benzene rings is 1. The maximum absolute atomic E-state index is 11.7. The molecule has 0 aliphatic heterocycles. The van der Waals surface area contributed by atoms with Gasteiger partial charge < -0.3 is 4.74 Å². The molecule has 4 heteroatoms. The Morgan fingerprint density at radius 2 is 1.91 bits per heavy atom. The Morgan fingerprint density at radius 1 is 1.17 bits per heavy atom. The van der Waals surface area contributed by atoms with E-state index in [0.717, 1.165) is 12.8 Å². The van der Waals surface area contributed by atoms with Gasteiger partial charge in [-0.3, -0.25) is 4.89 Å². The molecule has 1 rings (SSSR count). The van der Waals surface area contributed by atoms with Gasteiger partial charge in [0.1, 0.15) is 0 Å². The van der Waals surface area contributed by atoms with Crippen molar-refractivity contribution in [1.29, 1.82) is 0 Å². The zero-order valence-electron chi connectivity index (χ0n) is 14.5. The van der Waals surface area contributed by atoms with Crippen LogP contribution in [0.15, 0.2) is 24.3 Å². The van der Waals surface area contributed by atoms with Crippen molar-refractivity contribution >= 4 is 5.97 Å². The van der Waals surface area contributed by atoms with Crippen LogP contribution in [0, 0.1) is 12.5 Å². The molecule has 0 bridgehead atoms. The van der Waals surface area contributed by atoms with Gasteiger partial charge in [0.2, 0.25) is 0 Å². The SMILES string of the molecule is CCCCC(CC)COC[CH]OOC(=O)c1ccc(CC)cc1. The van der Waals surface area contributed by atoms with Gasteiger partial charge in [-0.2, -0.15) is 4.89 Å². The summed E-state index contributed by atoms with van der Waals surface area (Å²) in [4.78, 5) is 21.3. The lowest BCUT2D eigenvalue weighted by atomic mass is 10.0. The van der Waals surface area contributed by atoms with Crippen LogP contribution in [-0.2, 0) is 20.9 Å². The number of rotatable bonds is 12. The first-order chi connectivity index (χ1) is 11.2. The third kappa shape index (κ3) is 8.14. The highest BCUT2D eigenvalue weighted by atomic mass is 17.2. The molecule has 0 fully saturated rings. The maximum Gasteiger partial charge on any atom is 0.373 e. The van der Waals surface area contributed by atoms with E-state index in [2.05, 4.69) is 20.8 Å². The lowest BCUT2D eigenvalue weighted by Crippen LogP contribution is -2.11. The standard InChI is InChI=1S/C19H29O4/c1-4-7-8-17(6-3)15-21-13-14-22-23-19(20)18-11-9-16(5-2)10-12-18/h9-12,14,17H,4-8,13,15H2,1-3H3. The van der Waals surface area contributed by atoms with Gasteiger partial charge in [-0.1, -0.05) is 52.2 Å². The highest BCUT2D eigenvalue weighted by Crippen LogP contribution is 2.13. The molecule has 1 atom stereocenters. The molecule has 0 aliphatic rings. The molecule has 0 N–H and O–H groups in total. The van der Waals surface area contributed by atoms with Crippen LogP contribution in [0.5, 0.6) is 0 Å². The molecule has 129 valence electrons. The summed E-state index contributed by atoms with van der Waals surface area (Å²) < 4.78 is 5.53. The number of hydrogen-bond acceptors (Lipinski definition) is 4. The van der Waals surface area contributed by atoms with E-state index < -0.39 is 5.97 Å². The fourth-order valence-corrected chi connectivity index (χ4v) is 2.21. The normalized spacial score (nSPS) is 12.1. The molecule has 23 heavy (non-hydrogen) atoms. The van der Waals surface area contributed by atoms with Gasteiger partial charge in [0.15, 0.2) is 6.61 Å². The van der Waals surface area contributed by atoms with Gasteiger partial charge in [0.05, 0.1) is 12.2 Å². The van der Waals surface area contributed by atoms with Crippen molar-refractivity contribution in [3.63, 3.8) is 0 Å². The quantitative estimate of drug-likeness (QED) is 0.317. The van der Waals surface area contributed by atoms with Gasteiger partial charge >= 0.3 is 5.97 Å². The summed E-state index contributed by atoms with van der Waals surface area (Å²) in [6, 6.07) is 7.29. The molecule has 0 heterocycles. The number of carbonyl (C=O) groups is 1. The van der Waals surface area contributed by atoms with Crippen LogP contribution in [0.3, 0.4) is 0 Å². The van der Waals surface area contributed by atoms with Crippen LogP contribution in [0.2, 0.25) is 0 Å². The minimum atomic E-state index is -0.502. The fourth-order valence-electron chi connectivity index (χ4n) is 2.21. The van der Waals surface area contributed by atoms with E-state index in [1.54, 1.807) is 12.1 Å². The van der Waals surface area contributed by atoms with E-state index in [0.29, 0.717) is 24.7 Å². The first-order valence-electron chi connectivity index (χ1n) is 8.57. The fraction of sp³-hybridized carbons (Fsp3) is 0.579. The highest BCUT2D eigenvalue weighted by Gasteiger charge is 2.09. The summed E-state index contributed by atoms with van der Waals surface area (Å²) in [7, 11) is 0. The van der Waals surface area contributed by atoms with Crippen molar-refractivity contribution in [2.45, 2.75) is 52.9 Å². The Morgan fingerprint density at radius 3 is 2.52 bits per heavy atom. The van der Waals surface area contributed by atoms with E-state index in [4.69, 9.17) is 14.5 Å². The van der Waals surface area contributed by atoms with Crippen molar-refractivity contribution in [3.05, 3.63) is 42.0 Å². The first kappa shape index (κ1) is 19.7. The van der Waals surface area contributed by atoms with E-state index in [9.17, 15) is 4.79 Å². The average molecular weight is 321 g/mol. The summed E-state index contributed by atoms with van der Waals surface area (Å²) >= 11 is 0. The van der Waals surface area contributed by atoms with E-state index in [1.165, 1.54) is 31.4 Å². The first-order valence-corrected chi connectivity index (χ1v) is 8.57. The van der Waals surface area contributed by atoms with Gasteiger partial charge in [-0.05, 0) is 36.5 Å². The number of hydrogen-bond donors (Lipinski definition) is 0. The second-order valence-electron chi connectivity index (χ2n) is 5.64. The third-order valence-corrected chi connectivity index (χ3v) is 3.87. The van der Waals surface area contributed by atoms with Crippen LogP contribution >= 0.6 is 0 Å². The van der Waals surface area contributed by atoms with Gasteiger partial charge in [0, 0.05) is 6.61 Å². The zero-order valence-corrected chi connectivity index (χ0v) is 14.5. The Hall–Kier alpha value is -1.39. The molecule has 0 saturated heterocycles. The number of unbranched alkanes of at least 4 members (excludes halogenated alkanes) is 1. The molecule has 0 amide bonds. The largest absolute Gasteiger partial charge is 0.378 e. The topological polar surface area (TPSA) is 44.8 Å². The molecule has 1 unspecified atom stereocenters. The van der Waals surface area contributed by atoms with Crippen LogP contribution < -0.4 is 0 Å². The maximum atomic E-state index is 11.7. The monoisotopic (exact) mass is 321 g/mol. The Kier molecular flexibility index (Phi) is 10.3. The summed E-state index contributed by atoms with van der Waals surface area (Å²) in [5.41, 5.74) is 1.65. The number of carbonyl (C=O) groups excluding carboxylic acids is 1. The molecule has 0 spiro atoms. The average Bonchev–Trinajstić information content (AvgIpc) is 2.60. The molecule has 0 aliphatic carbocycles. The van der Waals surface area contributed by atoms with Crippen molar-refractivity contribution in [3.8, 4) is 0 Å². The van der Waals surface area contributed by atoms with Gasteiger partial charge in [0.25, 0.3) is 0 Å². The van der Waals surface area contributed by atoms with Crippen molar-refractivity contribution in [1.82, 2.24) is 0 Å².